The molecule has 0 aliphatic heterocycles. The summed E-state index contributed by atoms with van der Waals surface area (Å²) in [6.07, 6.45) is 2.88. The standard InChI is InChI=1S/C16H20N2O/c1-13-2-7-16(18-10-13)11-17-9-8-14-3-5-15(12-19)6-4-14/h2-7,10,17,19H,8-9,11-12H2,1H3. The minimum atomic E-state index is 0.109. The van der Waals surface area contributed by atoms with Crippen molar-refractivity contribution in [3.05, 3.63) is 65.0 Å². The number of nitrogens with zero attached hydrogens (tertiary/aromatic N) is 1. The van der Waals surface area contributed by atoms with Crippen molar-refractivity contribution in [3.63, 3.8) is 0 Å². The second kappa shape index (κ2) is 7.02. The van der Waals surface area contributed by atoms with E-state index in [2.05, 4.69) is 34.6 Å². The van der Waals surface area contributed by atoms with Gasteiger partial charge in [-0.05, 0) is 42.6 Å². The van der Waals surface area contributed by atoms with Crippen molar-refractivity contribution in [1.29, 1.82) is 0 Å². The molecule has 0 saturated carbocycles. The van der Waals surface area contributed by atoms with Crippen LogP contribution in [-0.4, -0.2) is 16.6 Å². The average molecular weight is 256 g/mol. The molecule has 100 valence electrons. The lowest BCUT2D eigenvalue weighted by molar-refractivity contribution is 0.282. The third-order valence-electron chi connectivity index (χ3n) is 3.07. The van der Waals surface area contributed by atoms with Gasteiger partial charge in [-0.2, -0.15) is 0 Å². The Morgan fingerprint density at radius 2 is 1.79 bits per heavy atom. The number of rotatable bonds is 6. The van der Waals surface area contributed by atoms with Gasteiger partial charge >= 0.3 is 0 Å². The first-order valence-corrected chi connectivity index (χ1v) is 6.59. The van der Waals surface area contributed by atoms with Crippen molar-refractivity contribution >= 4 is 0 Å². The number of aryl methyl sites for hydroxylation is 1. The zero-order chi connectivity index (χ0) is 13.5. The fourth-order valence-electron chi connectivity index (χ4n) is 1.86. The molecule has 1 heterocycles. The summed E-state index contributed by atoms with van der Waals surface area (Å²) >= 11 is 0. The maximum atomic E-state index is 8.97. The van der Waals surface area contributed by atoms with Crippen LogP contribution in [0.5, 0.6) is 0 Å². The van der Waals surface area contributed by atoms with Gasteiger partial charge in [0.1, 0.15) is 0 Å². The van der Waals surface area contributed by atoms with Crippen LogP contribution in [0.25, 0.3) is 0 Å². The Labute approximate surface area is 114 Å². The van der Waals surface area contributed by atoms with Crippen molar-refractivity contribution in [2.45, 2.75) is 26.5 Å². The molecule has 19 heavy (non-hydrogen) atoms. The van der Waals surface area contributed by atoms with Crippen LogP contribution in [0.3, 0.4) is 0 Å². The highest BCUT2D eigenvalue weighted by molar-refractivity contribution is 5.22. The lowest BCUT2D eigenvalue weighted by atomic mass is 10.1. The molecule has 2 N–H and O–H groups in total. The molecule has 0 fully saturated rings. The summed E-state index contributed by atoms with van der Waals surface area (Å²) in [4.78, 5) is 4.36. The fraction of sp³-hybridized carbons (Fsp3) is 0.312. The zero-order valence-electron chi connectivity index (χ0n) is 11.3. The van der Waals surface area contributed by atoms with Gasteiger partial charge < -0.3 is 10.4 Å². The molecular formula is C16H20N2O. The van der Waals surface area contributed by atoms with Gasteiger partial charge in [0.05, 0.1) is 12.3 Å². The van der Waals surface area contributed by atoms with Gasteiger partial charge in [0.2, 0.25) is 0 Å². The predicted molar refractivity (Wildman–Crippen MR) is 76.7 cm³/mol. The topological polar surface area (TPSA) is 45.1 Å². The lowest BCUT2D eigenvalue weighted by Gasteiger charge is -2.05. The number of nitrogens with one attached hydrogen (secondary N) is 1. The quantitative estimate of drug-likeness (QED) is 0.779. The monoisotopic (exact) mass is 256 g/mol. The van der Waals surface area contributed by atoms with Gasteiger partial charge in [-0.15, -0.1) is 0 Å². The smallest absolute Gasteiger partial charge is 0.0681 e. The van der Waals surface area contributed by atoms with E-state index < -0.39 is 0 Å². The van der Waals surface area contributed by atoms with Crippen LogP contribution in [0, 0.1) is 6.92 Å². The molecule has 0 atom stereocenters. The molecular weight excluding hydrogens is 236 g/mol. The highest BCUT2D eigenvalue weighted by Crippen LogP contribution is 2.04. The molecule has 0 aliphatic carbocycles. The van der Waals surface area contributed by atoms with Gasteiger partial charge in [-0.1, -0.05) is 30.3 Å². The van der Waals surface area contributed by atoms with Gasteiger partial charge in [0.25, 0.3) is 0 Å². The first kappa shape index (κ1) is 13.7. The zero-order valence-corrected chi connectivity index (χ0v) is 11.3. The molecule has 3 heteroatoms. The molecule has 0 spiro atoms. The maximum Gasteiger partial charge on any atom is 0.0681 e. The van der Waals surface area contributed by atoms with Crippen molar-refractivity contribution in [2.24, 2.45) is 0 Å². The Bertz CT molecular complexity index is 491. The van der Waals surface area contributed by atoms with E-state index >= 15 is 0 Å². The Balaban J connectivity index is 1.72. The first-order chi connectivity index (χ1) is 9.28. The Hall–Kier alpha value is -1.71. The van der Waals surface area contributed by atoms with Crippen molar-refractivity contribution in [3.8, 4) is 0 Å². The van der Waals surface area contributed by atoms with E-state index in [-0.39, 0.29) is 6.61 Å². The highest BCUT2D eigenvalue weighted by atomic mass is 16.3. The number of hydrogen-bond donors (Lipinski definition) is 2. The van der Waals surface area contributed by atoms with Gasteiger partial charge in [0, 0.05) is 12.7 Å². The van der Waals surface area contributed by atoms with Crippen LogP contribution < -0.4 is 5.32 Å². The van der Waals surface area contributed by atoms with Gasteiger partial charge in [-0.25, -0.2) is 0 Å². The van der Waals surface area contributed by atoms with Crippen molar-refractivity contribution in [1.82, 2.24) is 10.3 Å². The minimum absolute atomic E-state index is 0.109. The number of aromatic nitrogens is 1. The van der Waals surface area contributed by atoms with E-state index in [0.29, 0.717) is 0 Å². The fourth-order valence-corrected chi connectivity index (χ4v) is 1.86. The van der Waals surface area contributed by atoms with Crippen LogP contribution in [-0.2, 0) is 19.6 Å². The van der Waals surface area contributed by atoms with E-state index in [9.17, 15) is 0 Å². The van der Waals surface area contributed by atoms with Crippen LogP contribution in [0.15, 0.2) is 42.6 Å². The number of hydrogen-bond acceptors (Lipinski definition) is 3. The van der Waals surface area contributed by atoms with Crippen LogP contribution in [0.4, 0.5) is 0 Å². The van der Waals surface area contributed by atoms with E-state index in [1.54, 1.807) is 0 Å². The number of pyridine rings is 1. The molecule has 0 unspecified atom stereocenters. The molecule has 0 aliphatic rings. The van der Waals surface area contributed by atoms with Crippen molar-refractivity contribution < 1.29 is 5.11 Å². The second-order valence-electron chi connectivity index (χ2n) is 4.73. The molecule has 1 aromatic heterocycles. The predicted octanol–water partition coefficient (Wildman–Crippen LogP) is 2.21. The largest absolute Gasteiger partial charge is 0.392 e. The van der Waals surface area contributed by atoms with E-state index in [4.69, 9.17) is 5.11 Å². The second-order valence-corrected chi connectivity index (χ2v) is 4.73. The summed E-state index contributed by atoms with van der Waals surface area (Å²) in [5.74, 6) is 0. The molecule has 2 aromatic rings. The van der Waals surface area contributed by atoms with E-state index in [0.717, 1.165) is 30.8 Å². The van der Waals surface area contributed by atoms with Crippen LogP contribution in [0.2, 0.25) is 0 Å². The summed E-state index contributed by atoms with van der Waals surface area (Å²) in [5, 5.41) is 12.4. The molecule has 0 bridgehead atoms. The lowest BCUT2D eigenvalue weighted by Crippen LogP contribution is -2.17. The SMILES string of the molecule is Cc1ccc(CNCCc2ccc(CO)cc2)nc1. The summed E-state index contributed by atoms with van der Waals surface area (Å²) < 4.78 is 0. The average Bonchev–Trinajstić information content (AvgIpc) is 2.46. The molecule has 0 amide bonds. The third kappa shape index (κ3) is 4.47. The third-order valence-corrected chi connectivity index (χ3v) is 3.07. The van der Waals surface area contributed by atoms with Crippen molar-refractivity contribution in [2.75, 3.05) is 6.54 Å². The summed E-state index contributed by atoms with van der Waals surface area (Å²) in [6.45, 7) is 3.88. The summed E-state index contributed by atoms with van der Waals surface area (Å²) in [5.41, 5.74) is 4.50. The number of aliphatic hydroxyl groups is 1. The van der Waals surface area contributed by atoms with Crippen LogP contribution >= 0.6 is 0 Å². The Kier molecular flexibility index (Phi) is 5.07. The van der Waals surface area contributed by atoms with Crippen LogP contribution in [0.1, 0.15) is 22.4 Å². The van der Waals surface area contributed by atoms with E-state index in [1.807, 2.05) is 25.3 Å². The summed E-state index contributed by atoms with van der Waals surface area (Å²) in [6, 6.07) is 12.2. The number of aliphatic hydroxyl groups excluding tert-OH is 1. The molecule has 3 nitrogen and oxygen atoms in total. The molecule has 0 radical (unpaired) electrons. The molecule has 1 aromatic carbocycles. The minimum Gasteiger partial charge on any atom is -0.392 e. The Morgan fingerprint density at radius 1 is 1.05 bits per heavy atom. The highest BCUT2D eigenvalue weighted by Gasteiger charge is 1.96. The van der Waals surface area contributed by atoms with Gasteiger partial charge in [0.15, 0.2) is 0 Å². The first-order valence-electron chi connectivity index (χ1n) is 6.59. The molecule has 0 saturated heterocycles. The van der Waals surface area contributed by atoms with Gasteiger partial charge in [-0.3, -0.25) is 4.98 Å². The molecule has 2 rings (SSSR count). The Morgan fingerprint density at radius 3 is 2.42 bits per heavy atom. The normalized spacial score (nSPS) is 10.6. The number of benzene rings is 1. The van der Waals surface area contributed by atoms with E-state index in [1.165, 1.54) is 11.1 Å². The summed E-state index contributed by atoms with van der Waals surface area (Å²) in [7, 11) is 0. The maximum absolute atomic E-state index is 8.97.